The number of carbonyl (C=O) groups excluding carboxylic acids is 1. The second kappa shape index (κ2) is 6.88. The molecule has 1 aliphatic heterocycles. The average Bonchev–Trinajstić information content (AvgIpc) is 2.49. The summed E-state index contributed by atoms with van der Waals surface area (Å²) in [5.74, 6) is 0.969. The highest BCUT2D eigenvalue weighted by Gasteiger charge is 2.23. The van der Waals surface area contributed by atoms with Crippen molar-refractivity contribution in [3.63, 3.8) is 0 Å². The number of carbonyl (C=O) groups is 1. The number of nitrogens with two attached hydrogens (primary N) is 1. The molecule has 1 unspecified atom stereocenters. The number of methoxy groups -OCH3 is 1. The third kappa shape index (κ3) is 3.60. The van der Waals surface area contributed by atoms with E-state index in [0.717, 1.165) is 36.6 Å². The van der Waals surface area contributed by atoms with Crippen LogP contribution in [0.15, 0.2) is 23.1 Å². The second-order valence-corrected chi connectivity index (χ2v) is 6.43. The van der Waals surface area contributed by atoms with Crippen molar-refractivity contribution in [2.24, 2.45) is 0 Å². The monoisotopic (exact) mass is 294 g/mol. The first kappa shape index (κ1) is 15.0. The molecule has 110 valence electrons. The van der Waals surface area contributed by atoms with Gasteiger partial charge >= 0.3 is 0 Å². The van der Waals surface area contributed by atoms with Crippen LogP contribution in [0.3, 0.4) is 0 Å². The van der Waals surface area contributed by atoms with Gasteiger partial charge in [0.25, 0.3) is 0 Å². The van der Waals surface area contributed by atoms with Crippen LogP contribution >= 0.6 is 11.8 Å². The van der Waals surface area contributed by atoms with Gasteiger partial charge in [0.2, 0.25) is 5.91 Å². The number of hydrogen-bond acceptors (Lipinski definition) is 4. The van der Waals surface area contributed by atoms with Gasteiger partial charge in [-0.05, 0) is 44.4 Å². The van der Waals surface area contributed by atoms with Crippen molar-refractivity contribution < 1.29 is 9.53 Å². The standard InChI is InChI=1S/C15H22N2O2S/c1-11(15(18)17-8-4-3-5-9-17)20-14-10-12(19-2)6-7-13(14)16/h6-7,10-11H,3-5,8-9,16H2,1-2H3. The van der Waals surface area contributed by atoms with Crippen molar-refractivity contribution in [1.82, 2.24) is 4.90 Å². The molecule has 0 radical (unpaired) electrons. The lowest BCUT2D eigenvalue weighted by Gasteiger charge is -2.29. The minimum Gasteiger partial charge on any atom is -0.497 e. The highest BCUT2D eigenvalue weighted by molar-refractivity contribution is 8.00. The van der Waals surface area contributed by atoms with Crippen LogP contribution in [0.5, 0.6) is 5.75 Å². The summed E-state index contributed by atoms with van der Waals surface area (Å²) in [6.45, 7) is 3.72. The molecule has 0 spiro atoms. The lowest BCUT2D eigenvalue weighted by atomic mass is 10.1. The molecule has 5 heteroatoms. The number of benzene rings is 1. The van der Waals surface area contributed by atoms with Gasteiger partial charge in [0, 0.05) is 23.7 Å². The summed E-state index contributed by atoms with van der Waals surface area (Å²) in [6.07, 6.45) is 3.46. The third-order valence-electron chi connectivity index (χ3n) is 3.54. The molecular weight excluding hydrogens is 272 g/mol. The Hall–Kier alpha value is -1.36. The molecule has 1 aromatic carbocycles. The maximum atomic E-state index is 12.4. The van der Waals surface area contributed by atoms with E-state index in [9.17, 15) is 4.79 Å². The lowest BCUT2D eigenvalue weighted by Crippen LogP contribution is -2.40. The molecule has 1 fully saturated rings. The molecule has 2 N–H and O–H groups in total. The van der Waals surface area contributed by atoms with Crippen LogP contribution in [-0.4, -0.2) is 36.3 Å². The SMILES string of the molecule is COc1ccc(N)c(SC(C)C(=O)N2CCCCC2)c1. The van der Waals surface area contributed by atoms with E-state index in [2.05, 4.69) is 0 Å². The van der Waals surface area contributed by atoms with Crippen molar-refractivity contribution in [2.45, 2.75) is 36.3 Å². The second-order valence-electron chi connectivity index (χ2n) is 5.05. The summed E-state index contributed by atoms with van der Waals surface area (Å²) < 4.78 is 5.20. The molecule has 1 aliphatic rings. The van der Waals surface area contributed by atoms with Crippen molar-refractivity contribution >= 4 is 23.4 Å². The Balaban J connectivity index is 2.03. The predicted octanol–water partition coefficient (Wildman–Crippen LogP) is 2.77. The largest absolute Gasteiger partial charge is 0.497 e. The topological polar surface area (TPSA) is 55.6 Å². The van der Waals surface area contributed by atoms with Gasteiger partial charge in [0.1, 0.15) is 5.75 Å². The van der Waals surface area contributed by atoms with Crippen LogP contribution in [-0.2, 0) is 4.79 Å². The Bertz CT molecular complexity index is 473. The van der Waals surface area contributed by atoms with Gasteiger partial charge in [0.15, 0.2) is 0 Å². The highest BCUT2D eigenvalue weighted by atomic mass is 32.2. The van der Waals surface area contributed by atoms with Gasteiger partial charge < -0.3 is 15.4 Å². The van der Waals surface area contributed by atoms with Gasteiger partial charge in [-0.3, -0.25) is 4.79 Å². The Labute approximate surface area is 124 Å². The Morgan fingerprint density at radius 1 is 1.35 bits per heavy atom. The predicted molar refractivity (Wildman–Crippen MR) is 83.2 cm³/mol. The zero-order valence-electron chi connectivity index (χ0n) is 12.1. The molecule has 1 aromatic rings. The Morgan fingerprint density at radius 3 is 2.70 bits per heavy atom. The van der Waals surface area contributed by atoms with E-state index in [1.165, 1.54) is 18.2 Å². The molecular formula is C15H22N2O2S. The molecule has 1 heterocycles. The van der Waals surface area contributed by atoms with Crippen LogP contribution in [0.4, 0.5) is 5.69 Å². The fourth-order valence-corrected chi connectivity index (χ4v) is 3.38. The van der Waals surface area contributed by atoms with Crippen LogP contribution in [0, 0.1) is 0 Å². The Kier molecular flexibility index (Phi) is 5.17. The molecule has 1 atom stereocenters. The maximum Gasteiger partial charge on any atom is 0.235 e. The summed E-state index contributed by atoms with van der Waals surface area (Å²) in [4.78, 5) is 15.3. The van der Waals surface area contributed by atoms with E-state index < -0.39 is 0 Å². The normalized spacial score (nSPS) is 16.8. The third-order valence-corrected chi connectivity index (χ3v) is 4.70. The quantitative estimate of drug-likeness (QED) is 0.685. The van der Waals surface area contributed by atoms with Gasteiger partial charge in [-0.15, -0.1) is 11.8 Å². The zero-order chi connectivity index (χ0) is 14.5. The molecule has 0 aromatic heterocycles. The number of amides is 1. The van der Waals surface area contributed by atoms with E-state index in [0.29, 0.717) is 5.69 Å². The fraction of sp³-hybridized carbons (Fsp3) is 0.533. The van der Waals surface area contributed by atoms with Crippen molar-refractivity contribution in [3.8, 4) is 5.75 Å². The van der Waals surface area contributed by atoms with Crippen molar-refractivity contribution in [1.29, 1.82) is 0 Å². The van der Waals surface area contributed by atoms with E-state index in [4.69, 9.17) is 10.5 Å². The minimum absolute atomic E-state index is 0.123. The smallest absolute Gasteiger partial charge is 0.235 e. The number of hydrogen-bond donors (Lipinski definition) is 1. The number of nitrogens with zero attached hydrogens (tertiary/aromatic N) is 1. The van der Waals surface area contributed by atoms with Gasteiger partial charge in [-0.25, -0.2) is 0 Å². The summed E-state index contributed by atoms with van der Waals surface area (Å²) in [5.41, 5.74) is 6.66. The van der Waals surface area contributed by atoms with Gasteiger partial charge in [-0.2, -0.15) is 0 Å². The molecule has 0 aliphatic carbocycles. The summed E-state index contributed by atoms with van der Waals surface area (Å²) in [5, 5.41) is -0.123. The highest BCUT2D eigenvalue weighted by Crippen LogP contribution is 2.33. The van der Waals surface area contributed by atoms with E-state index in [1.807, 2.05) is 30.0 Å². The first-order valence-electron chi connectivity index (χ1n) is 7.01. The minimum atomic E-state index is -0.123. The zero-order valence-corrected chi connectivity index (χ0v) is 12.9. The van der Waals surface area contributed by atoms with Crippen molar-refractivity contribution in [3.05, 3.63) is 18.2 Å². The fourth-order valence-electron chi connectivity index (χ4n) is 2.36. The van der Waals surface area contributed by atoms with E-state index >= 15 is 0 Å². The molecule has 1 amide bonds. The Morgan fingerprint density at radius 2 is 2.05 bits per heavy atom. The van der Waals surface area contributed by atoms with Crippen LogP contribution in [0.2, 0.25) is 0 Å². The van der Waals surface area contributed by atoms with Crippen LogP contribution in [0.25, 0.3) is 0 Å². The number of thioether (sulfide) groups is 1. The molecule has 20 heavy (non-hydrogen) atoms. The summed E-state index contributed by atoms with van der Waals surface area (Å²) >= 11 is 1.51. The van der Waals surface area contributed by atoms with Crippen LogP contribution < -0.4 is 10.5 Å². The van der Waals surface area contributed by atoms with Crippen LogP contribution in [0.1, 0.15) is 26.2 Å². The first-order chi connectivity index (χ1) is 9.61. The number of rotatable bonds is 4. The first-order valence-corrected chi connectivity index (χ1v) is 7.88. The number of piperidine rings is 1. The van der Waals surface area contributed by atoms with Gasteiger partial charge in [-0.1, -0.05) is 0 Å². The summed E-state index contributed by atoms with van der Waals surface area (Å²) in [6, 6.07) is 5.54. The van der Waals surface area contributed by atoms with E-state index in [-0.39, 0.29) is 11.2 Å². The summed E-state index contributed by atoms with van der Waals surface area (Å²) in [7, 11) is 1.63. The molecule has 4 nitrogen and oxygen atoms in total. The number of anilines is 1. The molecule has 2 rings (SSSR count). The van der Waals surface area contributed by atoms with E-state index in [1.54, 1.807) is 7.11 Å². The molecule has 0 bridgehead atoms. The maximum absolute atomic E-state index is 12.4. The lowest BCUT2D eigenvalue weighted by molar-refractivity contribution is -0.131. The van der Waals surface area contributed by atoms with Crippen molar-refractivity contribution in [2.75, 3.05) is 25.9 Å². The molecule has 1 saturated heterocycles. The number of nitrogen functional groups attached to an aromatic ring is 1. The molecule has 0 saturated carbocycles. The number of likely N-dealkylation sites (tertiary alicyclic amines) is 1. The average molecular weight is 294 g/mol. The van der Waals surface area contributed by atoms with Gasteiger partial charge in [0.05, 0.1) is 12.4 Å². The number of ether oxygens (including phenoxy) is 1.